The van der Waals surface area contributed by atoms with E-state index in [9.17, 15) is 28.0 Å². The average Bonchev–Trinajstić information content (AvgIpc) is 4.15. The molecule has 2 aliphatic rings. The molecule has 16 heteroatoms. The molecule has 4 N–H and O–H groups in total. The van der Waals surface area contributed by atoms with Gasteiger partial charge in [0.25, 0.3) is 11.8 Å². The van der Waals surface area contributed by atoms with Crippen molar-refractivity contribution in [1.82, 2.24) is 40.4 Å². The first kappa shape index (κ1) is 41.4. The minimum absolute atomic E-state index is 0.345. The number of rotatable bonds is 11. The summed E-state index contributed by atoms with van der Waals surface area (Å²) < 4.78 is 36.9. The van der Waals surface area contributed by atoms with Gasteiger partial charge in [-0.25, -0.2) is 28.3 Å². The number of carbonyl (C=O) groups excluding carboxylic acids is 4. The van der Waals surface area contributed by atoms with Crippen LogP contribution in [-0.4, -0.2) is 81.0 Å². The molecule has 4 aromatic carbocycles. The Balaban J connectivity index is 0.929. The summed E-state index contributed by atoms with van der Waals surface area (Å²) in [5, 5.41) is 5.20. The van der Waals surface area contributed by atoms with Crippen LogP contribution in [0, 0.1) is 11.6 Å². The van der Waals surface area contributed by atoms with Gasteiger partial charge in [0.05, 0.1) is 50.1 Å². The van der Waals surface area contributed by atoms with E-state index >= 15 is 0 Å². The van der Waals surface area contributed by atoms with Crippen LogP contribution in [0.3, 0.4) is 0 Å². The van der Waals surface area contributed by atoms with E-state index < -0.39 is 35.9 Å². The molecule has 0 saturated carbocycles. The van der Waals surface area contributed by atoms with E-state index in [-0.39, 0.29) is 23.9 Å². The summed E-state index contributed by atoms with van der Waals surface area (Å²) in [6.45, 7) is 0.931. The topological polar surface area (TPSA) is 175 Å². The lowest BCUT2D eigenvalue weighted by Crippen LogP contribution is -2.42. The van der Waals surface area contributed by atoms with Gasteiger partial charge in [-0.2, -0.15) is 0 Å². The number of aromatic nitrogens is 4. The lowest BCUT2D eigenvalue weighted by atomic mass is 10.0. The van der Waals surface area contributed by atoms with Crippen LogP contribution in [0.2, 0.25) is 0 Å². The number of benzene rings is 4. The van der Waals surface area contributed by atoms with E-state index in [4.69, 9.17) is 9.47 Å². The molecule has 2 saturated heterocycles. The number of ether oxygens (including phenoxy) is 2. The molecule has 4 amide bonds. The Kier molecular flexibility index (Phi) is 12.1. The Hall–Kier alpha value is -7.36. The molecule has 318 valence electrons. The first-order valence-electron chi connectivity index (χ1n) is 20.2. The second-order valence-corrected chi connectivity index (χ2v) is 15.1. The zero-order valence-electron chi connectivity index (χ0n) is 33.9. The third-order valence-corrected chi connectivity index (χ3v) is 11.4. The van der Waals surface area contributed by atoms with Crippen molar-refractivity contribution in [3.8, 4) is 33.6 Å². The second kappa shape index (κ2) is 18.1. The molecule has 2 aromatic heterocycles. The molecule has 4 heterocycles. The minimum atomic E-state index is -1.06. The van der Waals surface area contributed by atoms with E-state index in [0.717, 1.165) is 46.5 Å². The summed E-state index contributed by atoms with van der Waals surface area (Å²) in [4.78, 5) is 71.7. The van der Waals surface area contributed by atoms with Crippen LogP contribution in [0.4, 0.5) is 18.4 Å². The molecule has 2 aliphatic heterocycles. The molecule has 6 aromatic rings. The number of likely N-dealkylation sites (tertiary alicyclic amines) is 2. The lowest BCUT2D eigenvalue weighted by molar-refractivity contribution is -0.135. The van der Waals surface area contributed by atoms with Gasteiger partial charge >= 0.3 is 12.2 Å². The number of H-pyrrole nitrogens is 2. The largest absolute Gasteiger partial charge is 0.453 e. The van der Waals surface area contributed by atoms with Crippen molar-refractivity contribution in [2.75, 3.05) is 27.3 Å². The number of nitrogens with one attached hydrogen (secondary N) is 4. The van der Waals surface area contributed by atoms with Gasteiger partial charge in [-0.05, 0) is 83.3 Å². The summed E-state index contributed by atoms with van der Waals surface area (Å²) in [6.07, 6.45) is 4.78. The van der Waals surface area contributed by atoms with Gasteiger partial charge in [-0.1, -0.05) is 72.8 Å². The zero-order chi connectivity index (χ0) is 43.3. The van der Waals surface area contributed by atoms with Crippen molar-refractivity contribution in [2.45, 2.75) is 49.9 Å². The highest BCUT2D eigenvalue weighted by molar-refractivity contribution is 5.88. The molecule has 2 fully saturated rings. The highest BCUT2D eigenvalue weighted by Gasteiger charge is 2.38. The third-order valence-electron chi connectivity index (χ3n) is 11.4. The number of aromatic amines is 2. The SMILES string of the molecule is COC(=O)NC(C(=O)N1CCCC1c1ncc(-c2ccc(-c3ccc(-c4cnc(C5CCCN5C(=O)C(NC(=O)OC)c5ccc(F)cc5)[nH]4)cc3)cc2)[nH]1)c1ccc(F)cc1. The maximum Gasteiger partial charge on any atom is 0.407 e. The summed E-state index contributed by atoms with van der Waals surface area (Å²) in [6, 6.07) is 24.1. The van der Waals surface area contributed by atoms with E-state index in [1.807, 2.05) is 48.5 Å². The van der Waals surface area contributed by atoms with Crippen molar-refractivity contribution in [3.63, 3.8) is 0 Å². The molecule has 0 aliphatic carbocycles. The van der Waals surface area contributed by atoms with Crippen molar-refractivity contribution < 1.29 is 37.4 Å². The van der Waals surface area contributed by atoms with E-state index in [2.05, 4.69) is 30.6 Å². The standard InChI is InChI=1S/C46H44F2N8O6/c1-61-45(59)53-39(31-15-19-33(47)20-16-31)43(57)55-23-3-5-37(55)41-49-25-35(51-41)29-11-7-27(8-12-29)28-9-13-30(14-10-28)36-26-50-42(52-36)38-6-4-24-56(38)44(58)40(54-46(60)62-2)32-17-21-34(48)22-18-32/h7-22,25-26,37-40H,3-6,23-24H2,1-2H3,(H,49,51)(H,50,52)(H,53,59)(H,54,60). The predicted molar refractivity (Wildman–Crippen MR) is 224 cm³/mol. The molecule has 4 atom stereocenters. The van der Waals surface area contributed by atoms with Crippen LogP contribution in [0.15, 0.2) is 109 Å². The smallest absolute Gasteiger partial charge is 0.407 e. The molecule has 4 unspecified atom stereocenters. The third kappa shape index (κ3) is 8.75. The fourth-order valence-electron chi connectivity index (χ4n) is 8.19. The maximum absolute atomic E-state index is 13.9. The Morgan fingerprint density at radius 3 is 1.29 bits per heavy atom. The number of carbonyl (C=O) groups is 4. The molecule has 0 radical (unpaired) electrons. The number of alkyl carbamates (subject to hydrolysis) is 2. The number of methoxy groups -OCH3 is 2. The van der Waals surface area contributed by atoms with Gasteiger partial charge < -0.3 is 39.9 Å². The van der Waals surface area contributed by atoms with Crippen molar-refractivity contribution in [3.05, 3.63) is 144 Å². The van der Waals surface area contributed by atoms with Gasteiger partial charge in [0.1, 0.15) is 35.4 Å². The molecule has 14 nitrogen and oxygen atoms in total. The van der Waals surface area contributed by atoms with Crippen LogP contribution in [0.25, 0.3) is 33.6 Å². The van der Waals surface area contributed by atoms with Crippen molar-refractivity contribution in [1.29, 1.82) is 0 Å². The number of amides is 4. The normalized spacial score (nSPS) is 17.0. The summed E-state index contributed by atoms with van der Waals surface area (Å²) in [5.41, 5.74) is 6.26. The van der Waals surface area contributed by atoms with Crippen LogP contribution >= 0.6 is 0 Å². The Labute approximate surface area is 355 Å². The number of hydrogen-bond donors (Lipinski definition) is 4. The van der Waals surface area contributed by atoms with Gasteiger partial charge in [0.15, 0.2) is 0 Å². The fraction of sp³-hybridized carbons (Fsp3) is 0.261. The number of imidazole rings is 2. The Morgan fingerprint density at radius 2 is 0.935 bits per heavy atom. The summed E-state index contributed by atoms with van der Waals surface area (Å²) in [5.74, 6) is -0.346. The van der Waals surface area contributed by atoms with Crippen molar-refractivity contribution in [2.24, 2.45) is 0 Å². The first-order valence-corrected chi connectivity index (χ1v) is 20.2. The Morgan fingerprint density at radius 1 is 0.581 bits per heavy atom. The van der Waals surface area contributed by atoms with Gasteiger partial charge in [-0.3, -0.25) is 9.59 Å². The average molecular weight is 843 g/mol. The first-order chi connectivity index (χ1) is 30.1. The highest BCUT2D eigenvalue weighted by Crippen LogP contribution is 2.36. The summed E-state index contributed by atoms with van der Waals surface area (Å²) >= 11 is 0. The number of nitrogens with zero attached hydrogens (tertiary/aromatic N) is 4. The zero-order valence-corrected chi connectivity index (χ0v) is 33.9. The van der Waals surface area contributed by atoms with Crippen LogP contribution in [-0.2, 0) is 19.1 Å². The quantitative estimate of drug-likeness (QED) is 0.102. The van der Waals surface area contributed by atoms with E-state index in [0.29, 0.717) is 48.7 Å². The fourth-order valence-corrected chi connectivity index (χ4v) is 8.19. The van der Waals surface area contributed by atoms with E-state index in [1.165, 1.54) is 62.8 Å². The monoisotopic (exact) mass is 842 g/mol. The second-order valence-electron chi connectivity index (χ2n) is 15.1. The van der Waals surface area contributed by atoms with Crippen molar-refractivity contribution >= 4 is 24.0 Å². The maximum atomic E-state index is 13.9. The number of hydrogen-bond acceptors (Lipinski definition) is 8. The van der Waals surface area contributed by atoms with E-state index in [1.54, 1.807) is 22.2 Å². The molecule has 8 rings (SSSR count). The van der Waals surface area contributed by atoms with Gasteiger partial charge in [0.2, 0.25) is 0 Å². The molecular weight excluding hydrogens is 799 g/mol. The highest BCUT2D eigenvalue weighted by atomic mass is 19.1. The van der Waals surface area contributed by atoms with Crippen LogP contribution in [0.1, 0.15) is 72.6 Å². The molecule has 0 spiro atoms. The molecule has 62 heavy (non-hydrogen) atoms. The molecular formula is C46H44F2N8O6. The van der Waals surface area contributed by atoms with Gasteiger partial charge in [0, 0.05) is 13.1 Å². The Bertz CT molecular complexity index is 2370. The number of halogens is 2. The van der Waals surface area contributed by atoms with Gasteiger partial charge in [-0.15, -0.1) is 0 Å². The minimum Gasteiger partial charge on any atom is -0.453 e. The van der Waals surface area contributed by atoms with Crippen LogP contribution < -0.4 is 10.6 Å². The summed E-state index contributed by atoms with van der Waals surface area (Å²) in [7, 11) is 2.43. The molecule has 0 bridgehead atoms. The predicted octanol–water partition coefficient (Wildman–Crippen LogP) is 7.93. The lowest BCUT2D eigenvalue weighted by Gasteiger charge is -2.28. The van der Waals surface area contributed by atoms with Crippen LogP contribution in [0.5, 0.6) is 0 Å².